The Hall–Kier alpha value is -0.960. The van der Waals surface area contributed by atoms with Crippen LogP contribution >= 0.6 is 22.6 Å². The van der Waals surface area contributed by atoms with Crippen LogP contribution in [0.5, 0.6) is 0 Å². The van der Waals surface area contributed by atoms with Crippen molar-refractivity contribution in [2.75, 3.05) is 7.11 Å². The van der Waals surface area contributed by atoms with Gasteiger partial charge in [-0.05, 0) is 43.4 Å². The lowest BCUT2D eigenvalue weighted by Gasteiger charge is -2.17. The molecule has 0 saturated carbocycles. The van der Waals surface area contributed by atoms with Crippen molar-refractivity contribution >= 4 is 22.6 Å². The third kappa shape index (κ3) is 2.21. The molecule has 0 aliphatic rings. The van der Waals surface area contributed by atoms with Crippen LogP contribution in [0.1, 0.15) is 25.4 Å². The molecule has 1 N–H and O–H groups in total. The monoisotopic (exact) mass is 348 g/mol. The van der Waals surface area contributed by atoms with E-state index in [0.717, 1.165) is 9.26 Å². The molecule has 0 aliphatic heterocycles. The van der Waals surface area contributed by atoms with Gasteiger partial charge in [0.1, 0.15) is 5.60 Å². The van der Waals surface area contributed by atoms with Gasteiger partial charge in [-0.2, -0.15) is 10.1 Å². The van der Waals surface area contributed by atoms with Crippen molar-refractivity contribution in [2.45, 2.75) is 26.4 Å². The Morgan fingerprint density at radius 2 is 2.12 bits per heavy atom. The van der Waals surface area contributed by atoms with Crippen molar-refractivity contribution in [1.29, 1.82) is 0 Å². The Morgan fingerprint density at radius 3 is 2.65 bits per heavy atom. The van der Waals surface area contributed by atoms with Gasteiger partial charge >= 0.3 is 0 Å². The summed E-state index contributed by atoms with van der Waals surface area (Å²) in [4.78, 5) is 4.31. The second-order valence-electron chi connectivity index (χ2n) is 4.15. The number of hydrogen-bond donors (Lipinski definition) is 1. The molecule has 0 unspecified atom stereocenters. The number of aryl methyl sites for hydroxylation is 1. The summed E-state index contributed by atoms with van der Waals surface area (Å²) in [5.74, 6) is 0.908. The van der Waals surface area contributed by atoms with Gasteiger partial charge < -0.3 is 9.26 Å². The highest BCUT2D eigenvalue weighted by atomic mass is 127. The van der Waals surface area contributed by atoms with E-state index in [1.54, 1.807) is 7.11 Å². The minimum absolute atomic E-state index is 0.402. The van der Waals surface area contributed by atoms with Crippen LogP contribution in [0, 0.1) is 10.5 Å². The molecule has 2 heterocycles. The van der Waals surface area contributed by atoms with Crippen molar-refractivity contribution in [2.24, 2.45) is 0 Å². The minimum Gasteiger partial charge on any atom is -0.371 e. The number of rotatable bonds is 3. The third-order valence-corrected chi connectivity index (χ3v) is 3.87. The van der Waals surface area contributed by atoms with E-state index >= 15 is 0 Å². The lowest BCUT2D eigenvalue weighted by Crippen LogP contribution is -2.21. The van der Waals surface area contributed by atoms with E-state index in [-0.39, 0.29) is 0 Å². The van der Waals surface area contributed by atoms with E-state index in [2.05, 4.69) is 42.9 Å². The van der Waals surface area contributed by atoms with Crippen LogP contribution in [-0.4, -0.2) is 27.4 Å². The zero-order valence-corrected chi connectivity index (χ0v) is 12.2. The first-order valence-corrected chi connectivity index (χ1v) is 6.13. The predicted octanol–water partition coefficient (Wildman–Crippen LogP) is 2.25. The van der Waals surface area contributed by atoms with Crippen LogP contribution in [0.15, 0.2) is 4.52 Å². The first-order chi connectivity index (χ1) is 7.95. The summed E-state index contributed by atoms with van der Waals surface area (Å²) in [5, 5.41) is 10.9. The van der Waals surface area contributed by atoms with Gasteiger partial charge in [0.2, 0.25) is 5.82 Å². The van der Waals surface area contributed by atoms with E-state index < -0.39 is 5.60 Å². The molecule has 6 nitrogen and oxygen atoms in total. The molecule has 0 fully saturated rings. The predicted molar refractivity (Wildman–Crippen MR) is 69.4 cm³/mol. The van der Waals surface area contributed by atoms with E-state index in [0.29, 0.717) is 17.4 Å². The summed E-state index contributed by atoms with van der Waals surface area (Å²) in [6, 6.07) is 0. The van der Waals surface area contributed by atoms with Crippen LogP contribution in [0.25, 0.3) is 11.6 Å². The molecule has 0 amide bonds. The summed E-state index contributed by atoms with van der Waals surface area (Å²) in [5.41, 5.74) is 1.08. The molecule has 2 aromatic rings. The number of nitrogens with one attached hydrogen (secondary N) is 1. The van der Waals surface area contributed by atoms with Crippen molar-refractivity contribution in [3.8, 4) is 11.6 Å². The van der Waals surface area contributed by atoms with Crippen LogP contribution < -0.4 is 0 Å². The van der Waals surface area contributed by atoms with Crippen molar-refractivity contribution < 1.29 is 9.26 Å². The molecule has 0 radical (unpaired) electrons. The molecule has 92 valence electrons. The molecule has 0 spiro atoms. The standard InChI is InChI=1S/C10H13IN4O2/c1-5-6(11)7(14-13-5)8-12-9(15-17-8)10(2,3)16-4/h1-4H3,(H,13,14). The first-order valence-electron chi connectivity index (χ1n) is 5.06. The van der Waals surface area contributed by atoms with Crippen LogP contribution in [0.4, 0.5) is 0 Å². The Kier molecular flexibility index (Phi) is 3.21. The molecule has 0 atom stereocenters. The zero-order valence-electron chi connectivity index (χ0n) is 10.0. The molecular formula is C10H13IN4O2. The fraction of sp³-hybridized carbons (Fsp3) is 0.500. The maximum Gasteiger partial charge on any atom is 0.279 e. The maximum atomic E-state index is 5.29. The lowest BCUT2D eigenvalue weighted by atomic mass is 10.1. The van der Waals surface area contributed by atoms with Gasteiger partial charge in [0.05, 0.1) is 3.57 Å². The average Bonchev–Trinajstić information content (AvgIpc) is 2.88. The summed E-state index contributed by atoms with van der Waals surface area (Å²) >= 11 is 2.19. The normalized spacial score (nSPS) is 12.1. The quantitative estimate of drug-likeness (QED) is 0.861. The van der Waals surface area contributed by atoms with Crippen molar-refractivity contribution in [3.05, 3.63) is 15.1 Å². The highest BCUT2D eigenvalue weighted by Gasteiger charge is 2.27. The third-order valence-electron chi connectivity index (χ3n) is 2.55. The molecule has 17 heavy (non-hydrogen) atoms. The molecule has 0 saturated heterocycles. The van der Waals surface area contributed by atoms with E-state index in [4.69, 9.17) is 9.26 Å². The highest BCUT2D eigenvalue weighted by Crippen LogP contribution is 2.27. The van der Waals surface area contributed by atoms with Gasteiger partial charge in [-0.15, -0.1) is 0 Å². The number of hydrogen-bond acceptors (Lipinski definition) is 5. The summed E-state index contributed by atoms with van der Waals surface area (Å²) in [6.07, 6.45) is 0. The fourth-order valence-electron chi connectivity index (χ4n) is 1.21. The molecule has 7 heteroatoms. The molecule has 2 rings (SSSR count). The molecule has 2 aromatic heterocycles. The van der Waals surface area contributed by atoms with Gasteiger partial charge in [0.25, 0.3) is 5.89 Å². The Labute approximate surface area is 112 Å². The molecule has 0 aliphatic carbocycles. The maximum absolute atomic E-state index is 5.29. The van der Waals surface area contributed by atoms with E-state index in [9.17, 15) is 0 Å². The lowest BCUT2D eigenvalue weighted by molar-refractivity contribution is 0.00973. The fourth-order valence-corrected chi connectivity index (χ4v) is 1.68. The van der Waals surface area contributed by atoms with Crippen LogP contribution in [0.3, 0.4) is 0 Å². The number of aromatic nitrogens is 4. The van der Waals surface area contributed by atoms with Gasteiger partial charge in [-0.3, -0.25) is 5.10 Å². The second-order valence-corrected chi connectivity index (χ2v) is 5.23. The van der Waals surface area contributed by atoms with E-state index in [1.165, 1.54) is 0 Å². The zero-order chi connectivity index (χ0) is 12.6. The number of halogens is 1. The highest BCUT2D eigenvalue weighted by molar-refractivity contribution is 14.1. The summed E-state index contributed by atoms with van der Waals surface area (Å²) in [6.45, 7) is 5.69. The van der Waals surface area contributed by atoms with Gasteiger partial charge in [0, 0.05) is 12.8 Å². The Bertz CT molecular complexity index is 532. The smallest absolute Gasteiger partial charge is 0.279 e. The minimum atomic E-state index is -0.571. The summed E-state index contributed by atoms with van der Waals surface area (Å²) in [7, 11) is 1.61. The van der Waals surface area contributed by atoms with Gasteiger partial charge in [-0.25, -0.2) is 0 Å². The summed E-state index contributed by atoms with van der Waals surface area (Å²) < 4.78 is 11.5. The average molecular weight is 348 g/mol. The van der Waals surface area contributed by atoms with Gasteiger partial charge in [-0.1, -0.05) is 5.16 Å². The van der Waals surface area contributed by atoms with E-state index in [1.807, 2.05) is 20.8 Å². The molecular weight excluding hydrogens is 335 g/mol. The molecule has 0 aromatic carbocycles. The number of aromatic amines is 1. The van der Waals surface area contributed by atoms with Crippen molar-refractivity contribution in [1.82, 2.24) is 20.3 Å². The van der Waals surface area contributed by atoms with Crippen LogP contribution in [-0.2, 0) is 10.3 Å². The largest absolute Gasteiger partial charge is 0.371 e. The van der Waals surface area contributed by atoms with Crippen LogP contribution in [0.2, 0.25) is 0 Å². The second kappa shape index (κ2) is 4.37. The molecule has 0 bridgehead atoms. The number of methoxy groups -OCH3 is 1. The Balaban J connectivity index is 2.40. The number of nitrogens with zero attached hydrogens (tertiary/aromatic N) is 3. The Morgan fingerprint density at radius 1 is 1.41 bits per heavy atom. The SMILES string of the molecule is COC(C)(C)c1noc(-c2n[nH]c(C)c2I)n1. The van der Waals surface area contributed by atoms with Gasteiger partial charge in [0.15, 0.2) is 5.69 Å². The number of H-pyrrole nitrogens is 1. The van der Waals surface area contributed by atoms with Crippen molar-refractivity contribution in [3.63, 3.8) is 0 Å². The number of ether oxygens (including phenoxy) is 1. The topological polar surface area (TPSA) is 76.8 Å². The first kappa shape index (κ1) is 12.5.